The first-order valence-electron chi connectivity index (χ1n) is 31.5. The molecule has 0 rings (SSSR count). The Hall–Kier alpha value is -1.71. The summed E-state index contributed by atoms with van der Waals surface area (Å²) in [6.45, 7) is 11.2. The molecular formula is C62H123N3O6. The molecule has 0 aliphatic heterocycles. The van der Waals surface area contributed by atoms with Crippen molar-refractivity contribution >= 4 is 17.7 Å². The highest BCUT2D eigenvalue weighted by molar-refractivity contribution is 5.82. The van der Waals surface area contributed by atoms with Gasteiger partial charge in [-0.05, 0) is 26.2 Å². The molecule has 0 aromatic rings. The van der Waals surface area contributed by atoms with Gasteiger partial charge < -0.3 is 30.0 Å². The van der Waals surface area contributed by atoms with Gasteiger partial charge in [0, 0.05) is 38.9 Å². The SMILES string of the molecule is CCCCCCCCCCCCCCCCN(C(=O)CC(CO)N(CCCCCCCCCCCCCCCC)C(=O)CC(CO)N(CCCCCCCCCCCCCCCC)C(=O)CC)C(C)CO. The van der Waals surface area contributed by atoms with Crippen LogP contribution in [0, 0.1) is 0 Å². The Kier molecular flexibility index (Phi) is 51.8. The van der Waals surface area contributed by atoms with Gasteiger partial charge in [0.05, 0.1) is 37.9 Å². The van der Waals surface area contributed by atoms with Gasteiger partial charge in [-0.15, -0.1) is 0 Å². The van der Waals surface area contributed by atoms with Gasteiger partial charge in [0.25, 0.3) is 0 Å². The number of aliphatic hydroxyl groups is 3. The minimum absolute atomic E-state index is 0.0236. The van der Waals surface area contributed by atoms with E-state index in [1.165, 1.54) is 212 Å². The van der Waals surface area contributed by atoms with Gasteiger partial charge >= 0.3 is 0 Å². The first-order chi connectivity index (χ1) is 34.7. The average Bonchev–Trinajstić information content (AvgIpc) is 3.38. The zero-order valence-corrected chi connectivity index (χ0v) is 48.2. The summed E-state index contributed by atoms with van der Waals surface area (Å²) >= 11 is 0. The molecule has 3 atom stereocenters. The molecule has 3 N–H and O–H groups in total. The van der Waals surface area contributed by atoms with E-state index in [0.717, 1.165) is 57.8 Å². The largest absolute Gasteiger partial charge is 0.394 e. The molecule has 0 aromatic heterocycles. The molecular weight excluding hydrogens is 883 g/mol. The van der Waals surface area contributed by atoms with Crippen LogP contribution >= 0.6 is 0 Å². The van der Waals surface area contributed by atoms with Gasteiger partial charge in [-0.1, -0.05) is 278 Å². The van der Waals surface area contributed by atoms with Crippen LogP contribution in [-0.4, -0.2) is 105 Å². The zero-order valence-electron chi connectivity index (χ0n) is 48.2. The van der Waals surface area contributed by atoms with E-state index >= 15 is 0 Å². The Morgan fingerprint density at radius 2 is 0.507 bits per heavy atom. The lowest BCUT2D eigenvalue weighted by Crippen LogP contribution is -2.51. The van der Waals surface area contributed by atoms with Gasteiger partial charge in [0.2, 0.25) is 17.7 Å². The Balaban J connectivity index is 5.45. The van der Waals surface area contributed by atoms with Crippen molar-refractivity contribution in [3.63, 3.8) is 0 Å². The third-order valence-corrected chi connectivity index (χ3v) is 15.4. The molecule has 3 unspecified atom stereocenters. The number of rotatable bonds is 56. The van der Waals surface area contributed by atoms with Crippen LogP contribution < -0.4 is 0 Å². The topological polar surface area (TPSA) is 122 Å². The number of carbonyl (C=O) groups is 3. The fourth-order valence-electron chi connectivity index (χ4n) is 10.5. The molecule has 3 amide bonds. The van der Waals surface area contributed by atoms with E-state index in [1.807, 2.05) is 13.8 Å². The highest BCUT2D eigenvalue weighted by Crippen LogP contribution is 2.21. The van der Waals surface area contributed by atoms with Crippen molar-refractivity contribution in [3.05, 3.63) is 0 Å². The molecule has 0 radical (unpaired) electrons. The van der Waals surface area contributed by atoms with E-state index < -0.39 is 12.1 Å². The maximum Gasteiger partial charge on any atom is 0.225 e. The summed E-state index contributed by atoms with van der Waals surface area (Å²) in [5.74, 6) is -0.441. The van der Waals surface area contributed by atoms with Gasteiger partial charge in [-0.3, -0.25) is 14.4 Å². The van der Waals surface area contributed by atoms with Crippen LogP contribution in [0.1, 0.15) is 324 Å². The van der Waals surface area contributed by atoms with Crippen LogP contribution in [0.25, 0.3) is 0 Å². The molecule has 0 aliphatic carbocycles. The lowest BCUT2D eigenvalue weighted by Gasteiger charge is -2.36. The predicted molar refractivity (Wildman–Crippen MR) is 304 cm³/mol. The lowest BCUT2D eigenvalue weighted by molar-refractivity contribution is -0.142. The van der Waals surface area contributed by atoms with E-state index in [9.17, 15) is 29.7 Å². The zero-order chi connectivity index (χ0) is 52.3. The van der Waals surface area contributed by atoms with Crippen molar-refractivity contribution in [2.45, 2.75) is 342 Å². The number of carbonyl (C=O) groups excluding carboxylic acids is 3. The summed E-state index contributed by atoms with van der Waals surface area (Å²) < 4.78 is 0. The standard InChI is InChI=1S/C62H123N3O6/c1-6-10-13-16-19-22-25-28-31-34-37-40-43-46-49-63(57(5)54-66)61(70)52-59(56-68)65(51-48-45-42-39-36-33-30-27-24-21-18-15-12-8-3)62(71)53-58(55-67)64(60(69)9-4)50-47-44-41-38-35-32-29-26-23-20-17-14-11-7-2/h57-59,66-68H,6-56H2,1-5H3. The quantitative estimate of drug-likeness (QED) is 0.0522. The normalized spacial score (nSPS) is 12.8. The van der Waals surface area contributed by atoms with E-state index in [2.05, 4.69) is 20.8 Å². The van der Waals surface area contributed by atoms with Crippen molar-refractivity contribution in [2.24, 2.45) is 0 Å². The molecule has 0 aromatic carbocycles. The molecule has 0 bridgehead atoms. The van der Waals surface area contributed by atoms with E-state index in [-0.39, 0.29) is 56.4 Å². The molecule has 0 fully saturated rings. The van der Waals surface area contributed by atoms with Crippen molar-refractivity contribution in [3.8, 4) is 0 Å². The van der Waals surface area contributed by atoms with Crippen molar-refractivity contribution in [2.75, 3.05) is 39.5 Å². The molecule has 71 heavy (non-hydrogen) atoms. The third kappa shape index (κ3) is 40.3. The summed E-state index contributed by atoms with van der Waals surface area (Å²) in [6.07, 6.45) is 52.6. The molecule has 9 nitrogen and oxygen atoms in total. The monoisotopic (exact) mass is 1010 g/mol. The van der Waals surface area contributed by atoms with Gasteiger partial charge in [0.1, 0.15) is 0 Å². The van der Waals surface area contributed by atoms with Crippen molar-refractivity contribution in [1.82, 2.24) is 14.7 Å². The summed E-state index contributed by atoms with van der Waals surface area (Å²) in [4.78, 5) is 47.1. The number of aliphatic hydroxyl groups excluding tert-OH is 3. The van der Waals surface area contributed by atoms with Crippen LogP contribution in [0.2, 0.25) is 0 Å². The molecule has 0 heterocycles. The van der Waals surface area contributed by atoms with Gasteiger partial charge in [-0.25, -0.2) is 0 Å². The summed E-state index contributed by atoms with van der Waals surface area (Å²) in [7, 11) is 0. The highest BCUT2D eigenvalue weighted by Gasteiger charge is 2.32. The second-order valence-electron chi connectivity index (χ2n) is 22.0. The molecule has 9 heteroatoms. The minimum Gasteiger partial charge on any atom is -0.394 e. The number of amides is 3. The predicted octanol–water partition coefficient (Wildman–Crippen LogP) is 16.2. The van der Waals surface area contributed by atoms with Crippen molar-refractivity contribution in [1.29, 1.82) is 0 Å². The van der Waals surface area contributed by atoms with Crippen LogP contribution in [0.15, 0.2) is 0 Å². The van der Waals surface area contributed by atoms with Crippen LogP contribution in [-0.2, 0) is 14.4 Å². The van der Waals surface area contributed by atoms with Gasteiger partial charge in [-0.2, -0.15) is 0 Å². The second-order valence-corrected chi connectivity index (χ2v) is 22.0. The summed E-state index contributed by atoms with van der Waals surface area (Å²) in [6, 6.07) is -1.74. The second kappa shape index (κ2) is 53.1. The molecule has 0 spiro atoms. The van der Waals surface area contributed by atoms with E-state index in [1.54, 1.807) is 14.7 Å². The third-order valence-electron chi connectivity index (χ3n) is 15.4. The fourth-order valence-corrected chi connectivity index (χ4v) is 10.5. The Morgan fingerprint density at radius 1 is 0.296 bits per heavy atom. The summed E-state index contributed by atoms with van der Waals surface area (Å²) in [5, 5.41) is 31.8. The first kappa shape index (κ1) is 69.3. The van der Waals surface area contributed by atoms with E-state index in [0.29, 0.717) is 26.1 Å². The number of nitrogens with zero attached hydrogens (tertiary/aromatic N) is 3. The molecule has 0 saturated heterocycles. The maximum atomic E-state index is 14.5. The van der Waals surface area contributed by atoms with E-state index in [4.69, 9.17) is 0 Å². The van der Waals surface area contributed by atoms with Crippen LogP contribution in [0.3, 0.4) is 0 Å². The maximum absolute atomic E-state index is 14.5. The Labute approximate surface area is 441 Å². The highest BCUT2D eigenvalue weighted by atomic mass is 16.3. The number of hydrogen-bond donors (Lipinski definition) is 3. The molecule has 0 aliphatic rings. The number of hydrogen-bond acceptors (Lipinski definition) is 6. The van der Waals surface area contributed by atoms with Crippen molar-refractivity contribution < 1.29 is 29.7 Å². The Bertz CT molecular complexity index is 1160. The number of unbranched alkanes of at least 4 members (excludes halogenated alkanes) is 39. The first-order valence-corrected chi connectivity index (χ1v) is 31.5. The smallest absolute Gasteiger partial charge is 0.225 e. The van der Waals surface area contributed by atoms with Crippen LogP contribution in [0.4, 0.5) is 0 Å². The van der Waals surface area contributed by atoms with Gasteiger partial charge in [0.15, 0.2) is 0 Å². The van der Waals surface area contributed by atoms with Crippen LogP contribution in [0.5, 0.6) is 0 Å². The lowest BCUT2D eigenvalue weighted by atomic mass is 10.0. The molecule has 422 valence electrons. The minimum atomic E-state index is -0.720. The fraction of sp³-hybridized carbons (Fsp3) is 0.952. The summed E-state index contributed by atoms with van der Waals surface area (Å²) in [5.41, 5.74) is 0. The average molecular weight is 1010 g/mol. The molecule has 0 saturated carbocycles. The Morgan fingerprint density at radius 3 is 0.732 bits per heavy atom.